The van der Waals surface area contributed by atoms with Gasteiger partial charge >= 0.3 is 5.97 Å². The number of unbranched alkanes of at least 4 members (excludes halogenated alkanes) is 7. The molecule has 44 heavy (non-hydrogen) atoms. The number of nitrogens with one attached hydrogen (secondary N) is 2. The van der Waals surface area contributed by atoms with Crippen molar-refractivity contribution in [1.82, 2.24) is 5.32 Å². The number of anilines is 1. The van der Waals surface area contributed by atoms with Crippen molar-refractivity contribution in [2.75, 3.05) is 11.9 Å². The minimum absolute atomic E-state index is 0.0104. The average Bonchev–Trinajstić information content (AvgIpc) is 3.27. The fraction of sp³-hybridized carbons (Fsp3) is 0.400. The van der Waals surface area contributed by atoms with E-state index in [0.717, 1.165) is 32.2 Å². The van der Waals surface area contributed by atoms with Gasteiger partial charge in [0.1, 0.15) is 23.0 Å². The van der Waals surface area contributed by atoms with E-state index in [-0.39, 0.29) is 16.9 Å². The van der Waals surface area contributed by atoms with Crippen LogP contribution in [-0.2, 0) is 10.3 Å². The molecule has 0 saturated heterocycles. The molecule has 3 aromatic carbocycles. The molecule has 0 unspecified atom stereocenters. The van der Waals surface area contributed by atoms with Gasteiger partial charge in [0.2, 0.25) is 0 Å². The van der Waals surface area contributed by atoms with E-state index in [1.165, 1.54) is 56.4 Å². The lowest BCUT2D eigenvalue weighted by molar-refractivity contribution is 0.0224. The zero-order chi connectivity index (χ0) is 31.3. The number of hydrogen-bond donors (Lipinski definition) is 4. The van der Waals surface area contributed by atoms with E-state index in [9.17, 15) is 15.0 Å². The first kappa shape index (κ1) is 31.1. The lowest BCUT2D eigenvalue weighted by Gasteiger charge is -2.36. The first-order chi connectivity index (χ1) is 21.1. The molecule has 5 rings (SSSR count). The maximum atomic E-state index is 13.3. The van der Waals surface area contributed by atoms with Crippen LogP contribution in [0.3, 0.4) is 0 Å². The molecule has 3 aromatic rings. The monoisotopic (exact) mass is 613 g/mol. The highest BCUT2D eigenvalue weighted by Crippen LogP contribution is 2.57. The van der Waals surface area contributed by atoms with Crippen molar-refractivity contribution < 1.29 is 24.5 Å². The van der Waals surface area contributed by atoms with Crippen LogP contribution < -0.4 is 15.4 Å². The average molecular weight is 614 g/mol. The van der Waals surface area contributed by atoms with Crippen molar-refractivity contribution in [3.8, 4) is 29.1 Å². The number of thiocarbonyl (C=S) groups is 1. The Morgan fingerprint density at radius 3 is 2.05 bits per heavy atom. The number of esters is 1. The van der Waals surface area contributed by atoms with E-state index >= 15 is 0 Å². The Bertz CT molecular complexity index is 1540. The molecule has 1 spiro atoms. The van der Waals surface area contributed by atoms with Gasteiger partial charge in [-0.05, 0) is 75.3 Å². The number of carbonyl (C=O) groups is 1. The third-order valence-corrected chi connectivity index (χ3v) is 8.59. The summed E-state index contributed by atoms with van der Waals surface area (Å²) in [5, 5.41) is 36.2. The predicted octanol–water partition coefficient (Wildman–Crippen LogP) is 8.01. The fourth-order valence-electron chi connectivity index (χ4n) is 5.97. The van der Waals surface area contributed by atoms with E-state index < -0.39 is 11.6 Å². The zero-order valence-electron chi connectivity index (χ0n) is 25.2. The van der Waals surface area contributed by atoms with Crippen LogP contribution in [-0.4, -0.2) is 27.8 Å². The molecule has 2 heterocycles. The van der Waals surface area contributed by atoms with Crippen molar-refractivity contribution in [3.05, 3.63) is 76.9 Å². The minimum Gasteiger partial charge on any atom is -0.508 e. The Hall–Kier alpha value is -4.29. The number of aromatic hydroxyl groups is 2. The molecule has 9 heteroatoms. The molecule has 4 N–H and O–H groups in total. The number of benzene rings is 3. The maximum Gasteiger partial charge on any atom is 0.340 e. The van der Waals surface area contributed by atoms with Gasteiger partial charge in [0, 0.05) is 41.1 Å². The summed E-state index contributed by atoms with van der Waals surface area (Å²) in [6.07, 6.45) is 10.3. The molecule has 0 saturated carbocycles. The van der Waals surface area contributed by atoms with Crippen LogP contribution in [0.15, 0.2) is 54.6 Å². The summed E-state index contributed by atoms with van der Waals surface area (Å²) in [5.74, 6) is 0.209. The molecule has 8 nitrogen and oxygen atoms in total. The molecule has 0 aliphatic carbocycles. The molecule has 0 aromatic heterocycles. The summed E-state index contributed by atoms with van der Waals surface area (Å²) >= 11 is 5.51. The predicted molar refractivity (Wildman–Crippen MR) is 173 cm³/mol. The molecule has 2 aliphatic rings. The molecule has 0 fully saturated rings. The van der Waals surface area contributed by atoms with E-state index in [0.29, 0.717) is 44.6 Å². The van der Waals surface area contributed by atoms with Gasteiger partial charge in [-0.1, -0.05) is 51.0 Å². The van der Waals surface area contributed by atoms with E-state index in [4.69, 9.17) is 27.0 Å². The summed E-state index contributed by atoms with van der Waals surface area (Å²) < 4.78 is 12.1. The number of carbonyl (C=O) groups excluding carboxylic acids is 1. The lowest BCUT2D eigenvalue weighted by Crippen LogP contribution is -2.33. The first-order valence-corrected chi connectivity index (χ1v) is 15.7. The van der Waals surface area contributed by atoms with Gasteiger partial charge < -0.3 is 30.3 Å². The third-order valence-electron chi connectivity index (χ3n) is 8.35. The standard InChI is InChI=1S/C35H39N3O5S/c1-34(2,22-36)17-9-7-5-3-4-6-8-10-18-37-33(44)38-23-11-14-27-26(19-23)32(41)43-35(27)28-15-12-24(39)20-30(28)42-31-21-25(40)13-16-29(31)35/h11-16,19-21,39-40H,3-10,17-18H2,1-2H3,(H2,37,38,44). The number of hydrogen-bond acceptors (Lipinski definition) is 7. The minimum atomic E-state index is -1.29. The number of phenols is 2. The number of nitrogens with zero attached hydrogens (tertiary/aromatic N) is 1. The molecule has 0 atom stereocenters. The number of ether oxygens (including phenoxy) is 2. The van der Waals surface area contributed by atoms with Crippen LogP contribution in [0.2, 0.25) is 0 Å². The SMILES string of the molecule is CC(C)(C#N)CCCCCCCCCCNC(=S)Nc1ccc2c(c1)C(=O)OC21c2ccc(O)cc2Oc2cc(O)ccc21. The number of phenolic OH excluding ortho intramolecular Hbond substituents is 2. The number of fused-ring (bicyclic) bond motifs is 6. The van der Waals surface area contributed by atoms with E-state index in [2.05, 4.69) is 16.7 Å². The second-order valence-electron chi connectivity index (χ2n) is 12.2. The molecule has 0 bridgehead atoms. The zero-order valence-corrected chi connectivity index (χ0v) is 26.1. The highest BCUT2D eigenvalue weighted by atomic mass is 32.1. The van der Waals surface area contributed by atoms with Crippen molar-refractivity contribution in [3.63, 3.8) is 0 Å². The molecule has 0 amide bonds. The van der Waals surface area contributed by atoms with E-state index in [1.807, 2.05) is 26.0 Å². The van der Waals surface area contributed by atoms with Crippen LogP contribution in [0.4, 0.5) is 5.69 Å². The highest BCUT2D eigenvalue weighted by molar-refractivity contribution is 7.80. The molecule has 2 aliphatic heterocycles. The number of nitriles is 1. The van der Waals surface area contributed by atoms with Gasteiger partial charge in [0.25, 0.3) is 0 Å². The van der Waals surface area contributed by atoms with Crippen molar-refractivity contribution in [2.45, 2.75) is 77.2 Å². The Balaban J connectivity index is 1.14. The Morgan fingerprint density at radius 1 is 0.864 bits per heavy atom. The van der Waals surface area contributed by atoms with Gasteiger partial charge in [-0.15, -0.1) is 0 Å². The van der Waals surface area contributed by atoms with Crippen LogP contribution >= 0.6 is 12.2 Å². The smallest absolute Gasteiger partial charge is 0.340 e. The second kappa shape index (κ2) is 13.1. The Labute approximate surface area is 264 Å². The van der Waals surface area contributed by atoms with Crippen LogP contribution in [0.5, 0.6) is 23.0 Å². The molecule has 230 valence electrons. The summed E-state index contributed by atoms with van der Waals surface area (Å²) in [5.41, 5.74) is 1.36. The van der Waals surface area contributed by atoms with Crippen LogP contribution in [0.25, 0.3) is 0 Å². The van der Waals surface area contributed by atoms with Gasteiger partial charge in [-0.2, -0.15) is 5.26 Å². The quantitative estimate of drug-likeness (QED) is 0.0913. The summed E-state index contributed by atoms with van der Waals surface area (Å²) in [7, 11) is 0. The number of rotatable bonds is 12. The Morgan fingerprint density at radius 2 is 1.43 bits per heavy atom. The second-order valence-corrected chi connectivity index (χ2v) is 12.7. The van der Waals surface area contributed by atoms with E-state index in [1.54, 1.807) is 18.2 Å². The largest absolute Gasteiger partial charge is 0.508 e. The molecular formula is C35H39N3O5S. The highest BCUT2D eigenvalue weighted by Gasteiger charge is 2.53. The van der Waals surface area contributed by atoms with Gasteiger partial charge in [-0.25, -0.2) is 4.79 Å². The fourth-order valence-corrected chi connectivity index (χ4v) is 6.19. The van der Waals surface area contributed by atoms with Gasteiger partial charge in [0.15, 0.2) is 10.7 Å². The van der Waals surface area contributed by atoms with Crippen molar-refractivity contribution in [1.29, 1.82) is 5.26 Å². The molecular weight excluding hydrogens is 574 g/mol. The Kier molecular flexibility index (Phi) is 9.31. The third kappa shape index (κ3) is 6.61. The first-order valence-electron chi connectivity index (χ1n) is 15.3. The van der Waals surface area contributed by atoms with Gasteiger partial charge in [-0.3, -0.25) is 0 Å². The lowest BCUT2D eigenvalue weighted by atomic mass is 9.77. The van der Waals surface area contributed by atoms with Crippen LogP contribution in [0, 0.1) is 16.7 Å². The summed E-state index contributed by atoms with van der Waals surface area (Å²) in [6, 6.07) is 17.2. The normalized spacial score (nSPS) is 14.1. The topological polar surface area (TPSA) is 124 Å². The van der Waals surface area contributed by atoms with Crippen molar-refractivity contribution in [2.24, 2.45) is 5.41 Å². The van der Waals surface area contributed by atoms with Gasteiger partial charge in [0.05, 0.1) is 17.0 Å². The molecule has 0 radical (unpaired) electrons. The summed E-state index contributed by atoms with van der Waals surface area (Å²) in [6.45, 7) is 4.78. The van der Waals surface area contributed by atoms with Crippen molar-refractivity contribution >= 4 is 29.0 Å². The maximum absolute atomic E-state index is 13.3. The van der Waals surface area contributed by atoms with Crippen LogP contribution in [0.1, 0.15) is 98.7 Å². The summed E-state index contributed by atoms with van der Waals surface area (Å²) in [4.78, 5) is 13.3.